The van der Waals surface area contributed by atoms with Crippen LogP contribution >= 0.6 is 0 Å². The first-order valence-corrected chi connectivity index (χ1v) is 8.91. The van der Waals surface area contributed by atoms with Crippen molar-refractivity contribution in [3.05, 3.63) is 66.2 Å². The van der Waals surface area contributed by atoms with Gasteiger partial charge in [-0.05, 0) is 30.5 Å². The molecule has 1 saturated heterocycles. The molecule has 3 nitrogen and oxygen atoms in total. The minimum Gasteiger partial charge on any atom is -0.316 e. The van der Waals surface area contributed by atoms with Crippen molar-refractivity contribution < 1.29 is 4.79 Å². The average molecular weight is 322 g/mol. The number of rotatable bonds is 7. The van der Waals surface area contributed by atoms with E-state index in [0.717, 1.165) is 31.6 Å². The second-order valence-electron chi connectivity index (χ2n) is 6.46. The van der Waals surface area contributed by atoms with Crippen LogP contribution in [0.2, 0.25) is 0 Å². The Labute approximate surface area is 144 Å². The van der Waals surface area contributed by atoms with E-state index in [1.165, 1.54) is 5.56 Å². The zero-order valence-corrected chi connectivity index (χ0v) is 14.3. The second kappa shape index (κ2) is 8.11. The lowest BCUT2D eigenvalue weighted by atomic mass is 9.87. The van der Waals surface area contributed by atoms with Crippen LogP contribution in [0.4, 0.5) is 5.69 Å². The maximum Gasteiger partial charge on any atom is 0.226 e. The van der Waals surface area contributed by atoms with Crippen molar-refractivity contribution in [1.29, 1.82) is 0 Å². The number of aryl methyl sites for hydroxylation is 1. The van der Waals surface area contributed by atoms with Gasteiger partial charge in [0.25, 0.3) is 0 Å². The van der Waals surface area contributed by atoms with Crippen LogP contribution in [-0.4, -0.2) is 25.0 Å². The third-order valence-electron chi connectivity index (χ3n) is 4.87. The minimum absolute atomic E-state index is 0.214. The van der Waals surface area contributed by atoms with E-state index in [-0.39, 0.29) is 11.9 Å². The van der Waals surface area contributed by atoms with Crippen molar-refractivity contribution >= 4 is 11.6 Å². The second-order valence-corrected chi connectivity index (χ2v) is 6.46. The first-order chi connectivity index (χ1) is 11.8. The van der Waals surface area contributed by atoms with Gasteiger partial charge in [-0.25, -0.2) is 0 Å². The van der Waals surface area contributed by atoms with E-state index in [2.05, 4.69) is 46.6 Å². The summed E-state index contributed by atoms with van der Waals surface area (Å²) in [7, 11) is 0. The maximum absolute atomic E-state index is 12.7. The predicted molar refractivity (Wildman–Crippen MR) is 99.1 cm³/mol. The minimum atomic E-state index is 0.214. The molecule has 1 atom stereocenters. The molecule has 3 rings (SSSR count). The molecule has 0 aliphatic carbocycles. The number of amides is 1. The highest BCUT2D eigenvalue weighted by Crippen LogP contribution is 2.27. The van der Waals surface area contributed by atoms with Gasteiger partial charge in [0, 0.05) is 37.2 Å². The maximum atomic E-state index is 12.7. The average Bonchev–Trinajstić information content (AvgIpc) is 2.59. The van der Waals surface area contributed by atoms with Gasteiger partial charge < -0.3 is 10.2 Å². The van der Waals surface area contributed by atoms with Crippen LogP contribution in [0.1, 0.15) is 25.3 Å². The summed E-state index contributed by atoms with van der Waals surface area (Å²) in [5, 5.41) is 3.37. The first kappa shape index (κ1) is 16.7. The third kappa shape index (κ3) is 3.85. The van der Waals surface area contributed by atoms with Crippen LogP contribution in [0.15, 0.2) is 60.7 Å². The lowest BCUT2D eigenvalue weighted by Crippen LogP contribution is -2.56. The Bertz CT molecular complexity index is 637. The Kier molecular flexibility index (Phi) is 5.65. The summed E-state index contributed by atoms with van der Waals surface area (Å²) < 4.78 is 0. The number of nitrogens with zero attached hydrogens (tertiary/aromatic N) is 1. The van der Waals surface area contributed by atoms with Crippen molar-refractivity contribution in [3.63, 3.8) is 0 Å². The highest BCUT2D eigenvalue weighted by molar-refractivity contribution is 5.93. The number of hydrogen-bond donors (Lipinski definition) is 1. The zero-order valence-electron chi connectivity index (χ0n) is 14.3. The zero-order chi connectivity index (χ0) is 16.8. The summed E-state index contributed by atoms with van der Waals surface area (Å²) in [5.41, 5.74) is 2.36. The molecule has 3 heteroatoms. The Morgan fingerprint density at radius 3 is 2.25 bits per heavy atom. The molecule has 0 aromatic heterocycles. The number of anilines is 1. The lowest BCUT2D eigenvalue weighted by molar-refractivity contribution is -0.119. The van der Waals surface area contributed by atoms with Gasteiger partial charge in [0.15, 0.2) is 0 Å². The summed E-state index contributed by atoms with van der Waals surface area (Å²) in [6, 6.07) is 20.9. The molecule has 1 unspecified atom stereocenters. The quantitative estimate of drug-likeness (QED) is 0.844. The van der Waals surface area contributed by atoms with Crippen LogP contribution in [0, 0.1) is 5.92 Å². The largest absolute Gasteiger partial charge is 0.316 e. The number of nitrogens with one attached hydrogen (secondary N) is 1. The molecule has 0 bridgehead atoms. The van der Waals surface area contributed by atoms with Crippen molar-refractivity contribution in [2.45, 2.75) is 32.2 Å². The van der Waals surface area contributed by atoms with Crippen molar-refractivity contribution in [2.75, 3.05) is 18.0 Å². The molecular weight excluding hydrogens is 296 g/mol. The summed E-state index contributed by atoms with van der Waals surface area (Å²) in [5.74, 6) is 0.746. The van der Waals surface area contributed by atoms with Gasteiger partial charge in [-0.1, -0.05) is 55.5 Å². The molecule has 2 aromatic carbocycles. The Morgan fingerprint density at radius 1 is 1.08 bits per heavy atom. The molecule has 1 amide bonds. The molecule has 1 aliphatic rings. The molecule has 126 valence electrons. The van der Waals surface area contributed by atoms with E-state index in [9.17, 15) is 4.79 Å². The van der Waals surface area contributed by atoms with E-state index >= 15 is 0 Å². The fourth-order valence-electron chi connectivity index (χ4n) is 3.40. The normalized spacial score (nSPS) is 15.5. The van der Waals surface area contributed by atoms with Crippen LogP contribution in [0.5, 0.6) is 0 Å². The number of carbonyl (C=O) groups excluding carboxylic acids is 1. The third-order valence-corrected chi connectivity index (χ3v) is 4.87. The van der Waals surface area contributed by atoms with Gasteiger partial charge in [-0.2, -0.15) is 0 Å². The molecule has 0 radical (unpaired) electrons. The highest BCUT2D eigenvalue weighted by atomic mass is 16.2. The summed E-state index contributed by atoms with van der Waals surface area (Å²) >= 11 is 0. The van der Waals surface area contributed by atoms with Gasteiger partial charge in [-0.3, -0.25) is 4.79 Å². The molecule has 2 aromatic rings. The van der Waals surface area contributed by atoms with E-state index in [0.29, 0.717) is 12.3 Å². The van der Waals surface area contributed by atoms with Gasteiger partial charge in [0.1, 0.15) is 0 Å². The number of benzene rings is 2. The van der Waals surface area contributed by atoms with Crippen LogP contribution in [0.25, 0.3) is 0 Å². The lowest BCUT2D eigenvalue weighted by Gasteiger charge is -2.42. The van der Waals surface area contributed by atoms with Crippen LogP contribution in [0.3, 0.4) is 0 Å². The molecule has 1 aliphatic heterocycles. The molecule has 0 spiro atoms. The topological polar surface area (TPSA) is 32.3 Å². The Hall–Kier alpha value is -2.13. The first-order valence-electron chi connectivity index (χ1n) is 8.91. The van der Waals surface area contributed by atoms with E-state index in [1.807, 2.05) is 31.2 Å². The molecular formula is C21H26N2O. The molecule has 1 heterocycles. The van der Waals surface area contributed by atoms with Crippen molar-refractivity contribution in [1.82, 2.24) is 5.32 Å². The van der Waals surface area contributed by atoms with Gasteiger partial charge in [-0.15, -0.1) is 0 Å². The SMILES string of the molecule is CCC(=O)N(c1ccccc1)C(CCc1ccccc1)C1CNC1. The van der Waals surface area contributed by atoms with Gasteiger partial charge in [0.2, 0.25) is 5.91 Å². The Morgan fingerprint density at radius 2 is 1.71 bits per heavy atom. The van der Waals surface area contributed by atoms with Gasteiger partial charge >= 0.3 is 0 Å². The van der Waals surface area contributed by atoms with Crippen LogP contribution < -0.4 is 10.2 Å². The predicted octanol–water partition coefficient (Wildman–Crippen LogP) is 3.65. The molecule has 24 heavy (non-hydrogen) atoms. The van der Waals surface area contributed by atoms with E-state index < -0.39 is 0 Å². The summed E-state index contributed by atoms with van der Waals surface area (Å²) in [6.07, 6.45) is 2.54. The van der Waals surface area contributed by atoms with Crippen LogP contribution in [-0.2, 0) is 11.2 Å². The Balaban J connectivity index is 1.82. The van der Waals surface area contributed by atoms with E-state index in [4.69, 9.17) is 0 Å². The standard InChI is InChI=1S/C21H26N2O/c1-2-21(24)23(19-11-7-4-8-12-19)20(18-15-22-16-18)14-13-17-9-5-3-6-10-17/h3-12,18,20,22H,2,13-16H2,1H3. The van der Waals surface area contributed by atoms with Crippen molar-refractivity contribution in [2.24, 2.45) is 5.92 Å². The fourth-order valence-corrected chi connectivity index (χ4v) is 3.40. The van der Waals surface area contributed by atoms with Gasteiger partial charge in [0.05, 0.1) is 0 Å². The molecule has 1 N–H and O–H groups in total. The number of hydrogen-bond acceptors (Lipinski definition) is 2. The monoisotopic (exact) mass is 322 g/mol. The highest BCUT2D eigenvalue weighted by Gasteiger charge is 2.34. The smallest absolute Gasteiger partial charge is 0.226 e. The van der Waals surface area contributed by atoms with Crippen molar-refractivity contribution in [3.8, 4) is 0 Å². The number of para-hydroxylation sites is 1. The summed E-state index contributed by atoms with van der Waals surface area (Å²) in [6.45, 7) is 3.95. The number of carbonyl (C=O) groups is 1. The molecule has 1 fully saturated rings. The molecule has 0 saturated carbocycles. The van der Waals surface area contributed by atoms with E-state index in [1.54, 1.807) is 0 Å². The fraction of sp³-hybridized carbons (Fsp3) is 0.381. The summed E-state index contributed by atoms with van der Waals surface area (Å²) in [4.78, 5) is 14.8.